The van der Waals surface area contributed by atoms with Crippen molar-refractivity contribution in [3.63, 3.8) is 0 Å². The second kappa shape index (κ2) is 9.52. The number of carbonyl (C=O) groups excluding carboxylic acids is 1. The van der Waals surface area contributed by atoms with E-state index in [9.17, 15) is 13.2 Å². The van der Waals surface area contributed by atoms with Crippen LogP contribution in [0, 0.1) is 0 Å². The largest absolute Gasteiger partial charge is 0.463 e. The molecule has 0 amide bonds. The highest BCUT2D eigenvalue weighted by molar-refractivity contribution is 7.80. The summed E-state index contributed by atoms with van der Waals surface area (Å²) in [5, 5.41) is 0. The highest BCUT2D eigenvalue weighted by atomic mass is 32.3. The van der Waals surface area contributed by atoms with E-state index in [2.05, 4.69) is 8.92 Å². The first-order chi connectivity index (χ1) is 6.95. The summed E-state index contributed by atoms with van der Waals surface area (Å²) < 4.78 is 36.9. The van der Waals surface area contributed by atoms with Crippen molar-refractivity contribution >= 4 is 16.4 Å². The maximum Gasteiger partial charge on any atom is 0.397 e. The molecule has 98 valence electrons. The number of ether oxygens (including phenoxy) is 1. The Morgan fingerprint density at radius 2 is 1.88 bits per heavy atom. The van der Waals surface area contributed by atoms with Crippen molar-refractivity contribution in [3.05, 3.63) is 0 Å². The van der Waals surface area contributed by atoms with Gasteiger partial charge in [0.25, 0.3) is 0 Å². The Kier molecular flexibility index (Phi) is 10.5. The average Bonchev–Trinajstić information content (AvgIpc) is 2.11. The molecule has 0 fully saturated rings. The maximum absolute atomic E-state index is 11.0. The van der Waals surface area contributed by atoms with Gasteiger partial charge in [0.2, 0.25) is 0 Å². The van der Waals surface area contributed by atoms with Gasteiger partial charge in [0.05, 0.1) is 0 Å². The van der Waals surface area contributed by atoms with Gasteiger partial charge in [0.15, 0.2) is 0 Å². The highest BCUT2D eigenvalue weighted by Crippen LogP contribution is 2.00. The molecule has 0 spiro atoms. The van der Waals surface area contributed by atoms with Gasteiger partial charge in [-0.15, -0.1) is 0 Å². The fourth-order valence-electron chi connectivity index (χ4n) is 0.886. The van der Waals surface area contributed by atoms with Crippen LogP contribution in [0.1, 0.15) is 32.6 Å². The predicted molar refractivity (Wildman–Crippen MR) is 57.6 cm³/mol. The van der Waals surface area contributed by atoms with Crippen LogP contribution in [0.2, 0.25) is 0 Å². The van der Waals surface area contributed by atoms with Gasteiger partial charge < -0.3 is 10.9 Å². The van der Waals surface area contributed by atoms with E-state index in [1.165, 1.54) is 0 Å². The molecule has 0 aliphatic rings. The highest BCUT2D eigenvalue weighted by Gasteiger charge is 2.05. The summed E-state index contributed by atoms with van der Waals surface area (Å²) in [5.74, 6) is -0.387. The fourth-order valence-corrected chi connectivity index (χ4v) is 1.16. The molecule has 0 saturated carbocycles. The van der Waals surface area contributed by atoms with E-state index < -0.39 is 10.4 Å². The summed E-state index contributed by atoms with van der Waals surface area (Å²) in [6.45, 7) is 1.48. The van der Waals surface area contributed by atoms with E-state index in [1.54, 1.807) is 0 Å². The van der Waals surface area contributed by atoms with Crippen LogP contribution < -0.4 is 6.15 Å². The number of hydrogen-bond acceptors (Lipinski definition) is 6. The lowest BCUT2D eigenvalue weighted by Gasteiger charge is -2.03. The fraction of sp³-hybridized carbons (Fsp3) is 0.875. The zero-order valence-electron chi connectivity index (χ0n) is 9.35. The van der Waals surface area contributed by atoms with Crippen molar-refractivity contribution in [2.75, 3.05) is 13.2 Å². The van der Waals surface area contributed by atoms with Crippen LogP contribution in [0.4, 0.5) is 0 Å². The predicted octanol–water partition coefficient (Wildman–Crippen LogP) is 1.09. The molecule has 7 nitrogen and oxygen atoms in total. The van der Waals surface area contributed by atoms with Crippen molar-refractivity contribution in [1.29, 1.82) is 0 Å². The van der Waals surface area contributed by atoms with Crippen molar-refractivity contribution < 1.29 is 26.7 Å². The molecule has 0 aromatic rings. The monoisotopic (exact) mass is 257 g/mol. The van der Waals surface area contributed by atoms with E-state index >= 15 is 0 Å². The normalized spacial score (nSPS) is 10.6. The number of esters is 1. The Labute approximate surface area is 95.7 Å². The Bertz CT molecular complexity index is 276. The van der Waals surface area contributed by atoms with Gasteiger partial charge in [-0.1, -0.05) is 19.8 Å². The first kappa shape index (κ1) is 17.7. The third kappa shape index (κ3) is 13.3. The summed E-state index contributed by atoms with van der Waals surface area (Å²) >= 11 is 0. The minimum Gasteiger partial charge on any atom is -0.463 e. The molecule has 0 aromatic carbocycles. The van der Waals surface area contributed by atoms with Crippen LogP contribution in [0.5, 0.6) is 0 Å². The summed E-state index contributed by atoms with van der Waals surface area (Å²) in [4.78, 5) is 11.0. The molecular weight excluding hydrogens is 238 g/mol. The van der Waals surface area contributed by atoms with Crippen molar-refractivity contribution in [2.24, 2.45) is 0 Å². The Morgan fingerprint density at radius 3 is 2.38 bits per heavy atom. The molecule has 0 aliphatic heterocycles. The molecule has 0 rings (SSSR count). The Balaban J connectivity index is 0. The van der Waals surface area contributed by atoms with Gasteiger partial charge in [-0.2, -0.15) is 8.42 Å². The van der Waals surface area contributed by atoms with E-state index in [1.807, 2.05) is 6.92 Å². The van der Waals surface area contributed by atoms with Crippen molar-refractivity contribution in [1.82, 2.24) is 6.15 Å². The van der Waals surface area contributed by atoms with Gasteiger partial charge in [0, 0.05) is 6.42 Å². The Morgan fingerprint density at radius 1 is 1.25 bits per heavy atom. The first-order valence-electron chi connectivity index (χ1n) is 4.73. The number of carbonyl (C=O) groups is 1. The molecule has 0 heterocycles. The van der Waals surface area contributed by atoms with Crippen LogP contribution in [0.3, 0.4) is 0 Å². The zero-order valence-corrected chi connectivity index (χ0v) is 10.2. The topological polar surface area (TPSA) is 125 Å². The second-order valence-electron chi connectivity index (χ2n) is 2.93. The van der Waals surface area contributed by atoms with Crippen LogP contribution in [-0.2, 0) is 24.1 Å². The van der Waals surface area contributed by atoms with Gasteiger partial charge >= 0.3 is 16.4 Å². The molecule has 0 saturated heterocycles. The molecule has 0 aliphatic carbocycles. The molecule has 0 atom stereocenters. The smallest absolute Gasteiger partial charge is 0.397 e. The van der Waals surface area contributed by atoms with Crippen LogP contribution >= 0.6 is 0 Å². The zero-order chi connectivity index (χ0) is 11.7. The van der Waals surface area contributed by atoms with Crippen LogP contribution in [-0.4, -0.2) is 32.2 Å². The van der Waals surface area contributed by atoms with Gasteiger partial charge in [-0.05, 0) is 6.42 Å². The lowest BCUT2D eigenvalue weighted by Crippen LogP contribution is -2.13. The second-order valence-corrected chi connectivity index (χ2v) is 4.02. The van der Waals surface area contributed by atoms with E-state index in [0.29, 0.717) is 6.42 Å². The molecule has 8 heteroatoms. The molecular formula is C8H19NO6S. The van der Waals surface area contributed by atoms with E-state index in [4.69, 9.17) is 4.55 Å². The number of rotatable bonds is 8. The summed E-state index contributed by atoms with van der Waals surface area (Å²) in [7, 11) is -4.43. The molecule has 0 radical (unpaired) electrons. The van der Waals surface area contributed by atoms with Crippen LogP contribution in [0.25, 0.3) is 0 Å². The average molecular weight is 257 g/mol. The standard InChI is InChI=1S/C8H16O6S.H3N/c1-2-3-4-5-8(9)13-6-7-14-15(10,11)12;/h2-7H2,1H3,(H,10,11,12);1H3. The quantitative estimate of drug-likeness (QED) is 0.378. The SMILES string of the molecule is CCCCCC(=O)OCCOS(=O)(=O)O.N. The molecule has 0 aromatic heterocycles. The van der Waals surface area contributed by atoms with E-state index in [-0.39, 0.29) is 25.3 Å². The Hall–Kier alpha value is -0.700. The maximum atomic E-state index is 11.0. The summed E-state index contributed by atoms with van der Waals surface area (Å²) in [5.41, 5.74) is 0. The number of hydrogen-bond donors (Lipinski definition) is 2. The van der Waals surface area contributed by atoms with Crippen molar-refractivity contribution in [2.45, 2.75) is 32.6 Å². The third-order valence-electron chi connectivity index (χ3n) is 1.56. The molecule has 4 N–H and O–H groups in total. The summed E-state index contributed by atoms with van der Waals surface area (Å²) in [6, 6.07) is 0. The minimum atomic E-state index is -4.43. The molecule has 0 bridgehead atoms. The lowest BCUT2D eigenvalue weighted by atomic mass is 10.2. The third-order valence-corrected chi connectivity index (χ3v) is 2.03. The minimum absolute atomic E-state index is 0. The first-order valence-corrected chi connectivity index (χ1v) is 6.09. The van der Waals surface area contributed by atoms with E-state index in [0.717, 1.165) is 19.3 Å². The molecule has 16 heavy (non-hydrogen) atoms. The number of unbranched alkanes of at least 4 members (excludes halogenated alkanes) is 2. The van der Waals surface area contributed by atoms with Gasteiger partial charge in [0.1, 0.15) is 13.2 Å². The van der Waals surface area contributed by atoms with Gasteiger partial charge in [-0.25, -0.2) is 4.18 Å². The molecule has 0 unspecified atom stereocenters. The summed E-state index contributed by atoms with van der Waals surface area (Å²) in [6.07, 6.45) is 3.05. The van der Waals surface area contributed by atoms with Gasteiger partial charge in [-0.3, -0.25) is 9.35 Å². The van der Waals surface area contributed by atoms with Crippen LogP contribution in [0.15, 0.2) is 0 Å². The lowest BCUT2D eigenvalue weighted by molar-refractivity contribution is -0.144. The van der Waals surface area contributed by atoms with Crippen molar-refractivity contribution in [3.8, 4) is 0 Å².